The maximum atomic E-state index is 9.18. The standard InChI is InChI=1S/C10H12O3/c1-7(11)4-8-2-3-9-10(5-8)13-6-12-9/h2-3,5,7,11H,4,6H2,1H3/t7-/m0/s1. The van der Waals surface area contributed by atoms with Crippen molar-refractivity contribution >= 4 is 0 Å². The molecule has 0 aromatic heterocycles. The normalized spacial score (nSPS) is 15.8. The number of hydrogen-bond acceptors (Lipinski definition) is 3. The first kappa shape index (κ1) is 8.38. The van der Waals surface area contributed by atoms with Crippen molar-refractivity contribution in [3.63, 3.8) is 0 Å². The summed E-state index contributed by atoms with van der Waals surface area (Å²) in [6, 6.07) is 5.73. The first-order valence-electron chi connectivity index (χ1n) is 4.32. The summed E-state index contributed by atoms with van der Waals surface area (Å²) < 4.78 is 10.4. The summed E-state index contributed by atoms with van der Waals surface area (Å²) in [4.78, 5) is 0. The fourth-order valence-corrected chi connectivity index (χ4v) is 1.41. The van der Waals surface area contributed by atoms with Crippen molar-refractivity contribution in [3.05, 3.63) is 23.8 Å². The van der Waals surface area contributed by atoms with Gasteiger partial charge in [-0.25, -0.2) is 0 Å². The van der Waals surface area contributed by atoms with Crippen LogP contribution in [0.25, 0.3) is 0 Å². The Morgan fingerprint density at radius 3 is 2.92 bits per heavy atom. The Hall–Kier alpha value is -1.22. The summed E-state index contributed by atoms with van der Waals surface area (Å²) in [7, 11) is 0. The minimum atomic E-state index is -0.319. The van der Waals surface area contributed by atoms with Gasteiger partial charge in [0, 0.05) is 0 Å². The molecule has 0 unspecified atom stereocenters. The van der Waals surface area contributed by atoms with Crippen LogP contribution in [0.5, 0.6) is 11.5 Å². The van der Waals surface area contributed by atoms with Crippen molar-refractivity contribution < 1.29 is 14.6 Å². The first-order valence-corrected chi connectivity index (χ1v) is 4.32. The largest absolute Gasteiger partial charge is 0.454 e. The molecule has 1 atom stereocenters. The molecule has 1 aromatic rings. The lowest BCUT2D eigenvalue weighted by molar-refractivity contribution is 0.174. The van der Waals surface area contributed by atoms with Crippen LogP contribution in [0.4, 0.5) is 0 Å². The van der Waals surface area contributed by atoms with Gasteiger partial charge in [-0.15, -0.1) is 0 Å². The van der Waals surface area contributed by atoms with Gasteiger partial charge < -0.3 is 14.6 Å². The van der Waals surface area contributed by atoms with Gasteiger partial charge in [0.2, 0.25) is 6.79 Å². The lowest BCUT2D eigenvalue weighted by Gasteiger charge is -2.04. The lowest BCUT2D eigenvalue weighted by Crippen LogP contribution is -2.03. The van der Waals surface area contributed by atoms with Crippen molar-refractivity contribution in [1.29, 1.82) is 0 Å². The van der Waals surface area contributed by atoms with Crippen molar-refractivity contribution in [2.24, 2.45) is 0 Å². The minimum Gasteiger partial charge on any atom is -0.454 e. The Morgan fingerprint density at radius 1 is 1.38 bits per heavy atom. The van der Waals surface area contributed by atoms with Gasteiger partial charge in [-0.1, -0.05) is 6.07 Å². The van der Waals surface area contributed by atoms with E-state index in [0.29, 0.717) is 13.2 Å². The van der Waals surface area contributed by atoms with Gasteiger partial charge in [-0.3, -0.25) is 0 Å². The smallest absolute Gasteiger partial charge is 0.231 e. The van der Waals surface area contributed by atoms with Gasteiger partial charge in [0.15, 0.2) is 11.5 Å². The second-order valence-electron chi connectivity index (χ2n) is 3.24. The van der Waals surface area contributed by atoms with Crippen LogP contribution in [0.15, 0.2) is 18.2 Å². The Labute approximate surface area is 76.9 Å². The van der Waals surface area contributed by atoms with Crippen LogP contribution < -0.4 is 9.47 Å². The molecule has 0 bridgehead atoms. The van der Waals surface area contributed by atoms with Crippen molar-refractivity contribution in [3.8, 4) is 11.5 Å². The maximum Gasteiger partial charge on any atom is 0.231 e. The van der Waals surface area contributed by atoms with Crippen LogP contribution in [0.3, 0.4) is 0 Å². The monoisotopic (exact) mass is 180 g/mol. The van der Waals surface area contributed by atoms with Crippen LogP contribution in [0, 0.1) is 0 Å². The molecule has 1 aromatic carbocycles. The van der Waals surface area contributed by atoms with E-state index in [9.17, 15) is 5.11 Å². The molecule has 0 aliphatic carbocycles. The molecule has 3 heteroatoms. The summed E-state index contributed by atoms with van der Waals surface area (Å²) in [6.45, 7) is 2.07. The van der Waals surface area contributed by atoms with Crippen molar-refractivity contribution in [2.45, 2.75) is 19.4 Å². The Bertz CT molecular complexity index is 307. The van der Waals surface area contributed by atoms with Gasteiger partial charge in [0.05, 0.1) is 6.10 Å². The van der Waals surface area contributed by atoms with E-state index in [1.807, 2.05) is 18.2 Å². The molecular weight excluding hydrogens is 168 g/mol. The SMILES string of the molecule is C[C@H](O)Cc1ccc2c(c1)OCO2. The zero-order valence-electron chi connectivity index (χ0n) is 7.49. The third-order valence-electron chi connectivity index (χ3n) is 1.97. The highest BCUT2D eigenvalue weighted by Crippen LogP contribution is 2.32. The molecule has 0 amide bonds. The summed E-state index contributed by atoms with van der Waals surface area (Å²) in [5.74, 6) is 1.56. The van der Waals surface area contributed by atoms with E-state index in [0.717, 1.165) is 17.1 Å². The van der Waals surface area contributed by atoms with E-state index < -0.39 is 0 Å². The number of benzene rings is 1. The third-order valence-corrected chi connectivity index (χ3v) is 1.97. The second-order valence-corrected chi connectivity index (χ2v) is 3.24. The molecule has 0 spiro atoms. The molecule has 2 rings (SSSR count). The molecule has 70 valence electrons. The number of hydrogen-bond donors (Lipinski definition) is 1. The molecule has 0 fully saturated rings. The molecule has 1 aliphatic rings. The summed E-state index contributed by atoms with van der Waals surface area (Å²) in [6.07, 6.45) is 0.330. The summed E-state index contributed by atoms with van der Waals surface area (Å²) in [5, 5.41) is 9.18. The van der Waals surface area contributed by atoms with Crippen molar-refractivity contribution in [1.82, 2.24) is 0 Å². The lowest BCUT2D eigenvalue weighted by atomic mass is 10.1. The number of aliphatic hydroxyl groups is 1. The Kier molecular flexibility index (Phi) is 2.10. The molecule has 1 aliphatic heterocycles. The predicted octanol–water partition coefficient (Wildman–Crippen LogP) is 1.34. The fourth-order valence-electron chi connectivity index (χ4n) is 1.41. The van der Waals surface area contributed by atoms with Crippen LogP contribution >= 0.6 is 0 Å². The number of rotatable bonds is 2. The quantitative estimate of drug-likeness (QED) is 0.746. The summed E-state index contributed by atoms with van der Waals surface area (Å²) >= 11 is 0. The second kappa shape index (κ2) is 3.26. The van der Waals surface area contributed by atoms with E-state index in [1.165, 1.54) is 0 Å². The average molecular weight is 180 g/mol. The zero-order valence-corrected chi connectivity index (χ0v) is 7.49. The maximum absolute atomic E-state index is 9.18. The van der Waals surface area contributed by atoms with Gasteiger partial charge in [-0.05, 0) is 31.0 Å². The number of fused-ring (bicyclic) bond motifs is 1. The Balaban J connectivity index is 2.21. The van der Waals surface area contributed by atoms with Crippen molar-refractivity contribution in [2.75, 3.05) is 6.79 Å². The molecular formula is C10H12O3. The molecule has 1 heterocycles. The molecule has 1 N–H and O–H groups in total. The topological polar surface area (TPSA) is 38.7 Å². The van der Waals surface area contributed by atoms with Gasteiger partial charge in [0.25, 0.3) is 0 Å². The molecule has 0 saturated heterocycles. The number of ether oxygens (including phenoxy) is 2. The fraction of sp³-hybridized carbons (Fsp3) is 0.400. The van der Waals surface area contributed by atoms with Crippen LogP contribution in [-0.4, -0.2) is 18.0 Å². The number of aliphatic hydroxyl groups excluding tert-OH is 1. The highest BCUT2D eigenvalue weighted by Gasteiger charge is 2.13. The molecule has 0 radical (unpaired) electrons. The molecule has 3 nitrogen and oxygen atoms in total. The van der Waals surface area contributed by atoms with Gasteiger partial charge >= 0.3 is 0 Å². The third kappa shape index (κ3) is 1.75. The first-order chi connectivity index (χ1) is 6.25. The van der Waals surface area contributed by atoms with E-state index in [-0.39, 0.29) is 6.10 Å². The van der Waals surface area contributed by atoms with E-state index in [2.05, 4.69) is 0 Å². The highest BCUT2D eigenvalue weighted by atomic mass is 16.7. The molecule has 13 heavy (non-hydrogen) atoms. The zero-order chi connectivity index (χ0) is 9.26. The van der Waals surface area contributed by atoms with Crippen LogP contribution in [-0.2, 0) is 6.42 Å². The molecule has 0 saturated carbocycles. The summed E-state index contributed by atoms with van der Waals surface area (Å²) in [5.41, 5.74) is 1.07. The van der Waals surface area contributed by atoms with E-state index >= 15 is 0 Å². The van der Waals surface area contributed by atoms with E-state index in [4.69, 9.17) is 9.47 Å². The minimum absolute atomic E-state index is 0.299. The van der Waals surface area contributed by atoms with Crippen LogP contribution in [0.1, 0.15) is 12.5 Å². The highest BCUT2D eigenvalue weighted by molar-refractivity contribution is 5.44. The van der Waals surface area contributed by atoms with E-state index in [1.54, 1.807) is 6.92 Å². The van der Waals surface area contributed by atoms with Gasteiger partial charge in [-0.2, -0.15) is 0 Å². The Morgan fingerprint density at radius 2 is 2.15 bits per heavy atom. The average Bonchev–Trinajstić information content (AvgIpc) is 2.49. The van der Waals surface area contributed by atoms with Crippen LogP contribution in [0.2, 0.25) is 0 Å². The van der Waals surface area contributed by atoms with Gasteiger partial charge in [0.1, 0.15) is 0 Å². The predicted molar refractivity (Wildman–Crippen MR) is 47.9 cm³/mol.